The maximum Gasteiger partial charge on any atom is 0.119 e. The van der Waals surface area contributed by atoms with E-state index in [2.05, 4.69) is 30.4 Å². The molecule has 0 spiro atoms. The minimum atomic E-state index is 0. The van der Waals surface area contributed by atoms with Gasteiger partial charge in [-0.3, -0.25) is 0 Å². The van der Waals surface area contributed by atoms with Crippen molar-refractivity contribution in [3.8, 4) is 5.75 Å². The summed E-state index contributed by atoms with van der Waals surface area (Å²) in [5.74, 6) is 0.992. The van der Waals surface area contributed by atoms with Crippen molar-refractivity contribution in [2.75, 3.05) is 13.7 Å². The van der Waals surface area contributed by atoms with E-state index in [0.717, 1.165) is 12.2 Å². The van der Waals surface area contributed by atoms with Crippen molar-refractivity contribution in [2.24, 2.45) is 0 Å². The summed E-state index contributed by atoms with van der Waals surface area (Å²) < 4.78 is 5.35. The van der Waals surface area contributed by atoms with Gasteiger partial charge < -0.3 is 10.1 Å². The molecule has 3 heteroatoms. The van der Waals surface area contributed by atoms with E-state index >= 15 is 0 Å². The Morgan fingerprint density at radius 2 is 1.78 bits per heavy atom. The summed E-state index contributed by atoms with van der Waals surface area (Å²) in [6, 6.07) is 7.20. The zero-order valence-electron chi connectivity index (χ0n) is 14.9. The molecule has 1 aliphatic rings. The van der Waals surface area contributed by atoms with Crippen LogP contribution in [-0.4, -0.2) is 19.7 Å². The Morgan fingerprint density at radius 1 is 1.04 bits per heavy atom. The Balaban J connectivity index is 0.00000264. The van der Waals surface area contributed by atoms with Gasteiger partial charge in [0.25, 0.3) is 0 Å². The molecule has 2 nitrogen and oxygen atoms in total. The highest BCUT2D eigenvalue weighted by Gasteiger charge is 2.18. The zero-order chi connectivity index (χ0) is 15.6. The van der Waals surface area contributed by atoms with Crippen molar-refractivity contribution in [2.45, 2.75) is 77.2 Å². The van der Waals surface area contributed by atoms with E-state index in [1.54, 1.807) is 7.11 Å². The number of hydrogen-bond acceptors (Lipinski definition) is 2. The van der Waals surface area contributed by atoms with Gasteiger partial charge in [-0.25, -0.2) is 0 Å². The van der Waals surface area contributed by atoms with E-state index in [4.69, 9.17) is 4.74 Å². The third kappa shape index (κ3) is 7.14. The molecule has 2 rings (SSSR count). The number of unbranched alkanes of at least 4 members (excludes halogenated alkanes) is 6. The third-order valence-corrected chi connectivity index (χ3v) is 4.86. The normalized spacial score (nSPS) is 16.5. The van der Waals surface area contributed by atoms with Gasteiger partial charge in [-0.15, -0.1) is 12.4 Å². The first kappa shape index (κ1) is 20.3. The lowest BCUT2D eigenvalue weighted by Crippen LogP contribution is -2.35. The van der Waals surface area contributed by atoms with Gasteiger partial charge in [0.1, 0.15) is 5.75 Å². The highest BCUT2D eigenvalue weighted by Crippen LogP contribution is 2.25. The molecule has 1 atom stereocenters. The van der Waals surface area contributed by atoms with Crippen LogP contribution < -0.4 is 10.1 Å². The van der Waals surface area contributed by atoms with Crippen LogP contribution in [0.25, 0.3) is 0 Å². The lowest BCUT2D eigenvalue weighted by atomic mass is 9.88. The van der Waals surface area contributed by atoms with Crippen LogP contribution >= 0.6 is 12.4 Å². The van der Waals surface area contributed by atoms with Crippen molar-refractivity contribution in [1.29, 1.82) is 0 Å². The molecule has 23 heavy (non-hydrogen) atoms. The van der Waals surface area contributed by atoms with E-state index in [0.29, 0.717) is 6.04 Å². The van der Waals surface area contributed by atoms with Gasteiger partial charge in [-0.1, -0.05) is 51.5 Å². The van der Waals surface area contributed by atoms with Crippen LogP contribution in [0.1, 0.15) is 69.4 Å². The molecule has 0 radical (unpaired) electrons. The minimum absolute atomic E-state index is 0. The molecule has 0 aliphatic heterocycles. The Morgan fingerprint density at radius 3 is 2.52 bits per heavy atom. The molecule has 132 valence electrons. The third-order valence-electron chi connectivity index (χ3n) is 4.86. The standard InChI is InChI=1S/C20H33NO.ClH/c1-3-4-5-6-7-8-9-14-21-19-12-10-17-11-13-20(22-2)16-18(17)15-19;/h11,13,16,19,21H,3-10,12,14-15H2,1-2H3;1H. The van der Waals surface area contributed by atoms with Crippen molar-refractivity contribution in [1.82, 2.24) is 5.32 Å². The molecule has 0 aromatic heterocycles. The molecule has 1 aliphatic carbocycles. The Kier molecular flexibility index (Phi) is 10.4. The smallest absolute Gasteiger partial charge is 0.119 e. The van der Waals surface area contributed by atoms with Gasteiger partial charge >= 0.3 is 0 Å². The largest absolute Gasteiger partial charge is 0.497 e. The molecule has 0 bridgehead atoms. The van der Waals surface area contributed by atoms with Gasteiger partial charge in [0, 0.05) is 6.04 Å². The number of rotatable bonds is 10. The van der Waals surface area contributed by atoms with Crippen molar-refractivity contribution >= 4 is 12.4 Å². The lowest BCUT2D eigenvalue weighted by molar-refractivity contribution is 0.410. The van der Waals surface area contributed by atoms with E-state index in [1.165, 1.54) is 75.5 Å². The zero-order valence-corrected chi connectivity index (χ0v) is 15.7. The number of halogens is 1. The first-order valence-corrected chi connectivity index (χ1v) is 9.22. The van der Waals surface area contributed by atoms with Crippen molar-refractivity contribution < 1.29 is 4.74 Å². The lowest BCUT2D eigenvalue weighted by Gasteiger charge is -2.26. The van der Waals surface area contributed by atoms with E-state index in [9.17, 15) is 0 Å². The van der Waals surface area contributed by atoms with Gasteiger partial charge in [-0.2, -0.15) is 0 Å². The quantitative estimate of drug-likeness (QED) is 0.583. The topological polar surface area (TPSA) is 21.3 Å². The Labute approximate surface area is 148 Å². The number of nitrogens with one attached hydrogen (secondary N) is 1. The molecule has 0 saturated heterocycles. The monoisotopic (exact) mass is 339 g/mol. The fourth-order valence-corrected chi connectivity index (χ4v) is 3.42. The number of benzene rings is 1. The average molecular weight is 340 g/mol. The fourth-order valence-electron chi connectivity index (χ4n) is 3.42. The summed E-state index contributed by atoms with van der Waals surface area (Å²) in [7, 11) is 1.75. The highest BCUT2D eigenvalue weighted by molar-refractivity contribution is 5.85. The maximum absolute atomic E-state index is 5.35. The summed E-state index contributed by atoms with van der Waals surface area (Å²) in [6.45, 7) is 3.46. The molecule has 0 fully saturated rings. The SMILES string of the molecule is CCCCCCCCCNC1CCc2ccc(OC)cc2C1.Cl. The number of ether oxygens (including phenoxy) is 1. The molecule has 1 aromatic carbocycles. The van der Waals surface area contributed by atoms with Crippen LogP contribution in [0, 0.1) is 0 Å². The average Bonchev–Trinajstić information content (AvgIpc) is 2.56. The van der Waals surface area contributed by atoms with Crippen LogP contribution in [0.4, 0.5) is 0 Å². The second-order valence-corrected chi connectivity index (χ2v) is 6.65. The van der Waals surface area contributed by atoms with Crippen molar-refractivity contribution in [3.63, 3.8) is 0 Å². The fraction of sp³-hybridized carbons (Fsp3) is 0.700. The Bertz CT molecular complexity index is 436. The number of aryl methyl sites for hydroxylation is 1. The van der Waals surface area contributed by atoms with E-state index < -0.39 is 0 Å². The van der Waals surface area contributed by atoms with Gasteiger partial charge in [0.15, 0.2) is 0 Å². The minimum Gasteiger partial charge on any atom is -0.497 e. The summed E-state index contributed by atoms with van der Waals surface area (Å²) in [5.41, 5.74) is 2.98. The van der Waals surface area contributed by atoms with Crippen LogP contribution in [-0.2, 0) is 12.8 Å². The number of hydrogen-bond donors (Lipinski definition) is 1. The molecule has 1 aromatic rings. The molecule has 0 saturated carbocycles. The van der Waals surface area contributed by atoms with E-state index in [1.807, 2.05) is 0 Å². The predicted octanol–water partition coefficient (Wildman–Crippen LogP) is 5.31. The molecular weight excluding hydrogens is 306 g/mol. The van der Waals surface area contributed by atoms with Crippen LogP contribution in [0.15, 0.2) is 18.2 Å². The van der Waals surface area contributed by atoms with E-state index in [-0.39, 0.29) is 12.4 Å². The van der Waals surface area contributed by atoms with Gasteiger partial charge in [0.2, 0.25) is 0 Å². The Hall–Kier alpha value is -0.730. The molecule has 1 unspecified atom stereocenters. The molecule has 1 N–H and O–H groups in total. The number of fused-ring (bicyclic) bond motifs is 1. The van der Waals surface area contributed by atoms with Gasteiger partial charge in [0.05, 0.1) is 7.11 Å². The van der Waals surface area contributed by atoms with Crippen LogP contribution in [0.5, 0.6) is 5.75 Å². The first-order chi connectivity index (χ1) is 10.8. The highest BCUT2D eigenvalue weighted by atomic mass is 35.5. The summed E-state index contributed by atoms with van der Waals surface area (Å²) >= 11 is 0. The summed E-state index contributed by atoms with van der Waals surface area (Å²) in [5, 5.41) is 3.76. The summed E-state index contributed by atoms with van der Waals surface area (Å²) in [6.07, 6.45) is 13.3. The molecule has 0 amide bonds. The second-order valence-electron chi connectivity index (χ2n) is 6.65. The van der Waals surface area contributed by atoms with Crippen LogP contribution in [0.3, 0.4) is 0 Å². The van der Waals surface area contributed by atoms with Gasteiger partial charge in [-0.05, 0) is 55.5 Å². The number of methoxy groups -OCH3 is 1. The first-order valence-electron chi connectivity index (χ1n) is 9.22. The molecular formula is C20H34ClNO. The maximum atomic E-state index is 5.35. The van der Waals surface area contributed by atoms with Crippen molar-refractivity contribution in [3.05, 3.63) is 29.3 Å². The predicted molar refractivity (Wildman–Crippen MR) is 102 cm³/mol. The van der Waals surface area contributed by atoms with Crippen LogP contribution in [0.2, 0.25) is 0 Å². The second kappa shape index (κ2) is 11.8. The summed E-state index contributed by atoms with van der Waals surface area (Å²) in [4.78, 5) is 0. The molecule has 0 heterocycles.